The maximum Gasteiger partial charge on any atom is 0.233 e. The van der Waals surface area contributed by atoms with Gasteiger partial charge in [-0.2, -0.15) is 0 Å². The molecule has 1 aliphatic heterocycles. The molecule has 0 radical (unpaired) electrons. The summed E-state index contributed by atoms with van der Waals surface area (Å²) in [7, 11) is 0. The highest BCUT2D eigenvalue weighted by Crippen LogP contribution is 2.33. The van der Waals surface area contributed by atoms with Gasteiger partial charge in [0.15, 0.2) is 22.4 Å². The van der Waals surface area contributed by atoms with Crippen molar-refractivity contribution < 1.29 is 18.7 Å². The normalized spacial score (nSPS) is 12.1. The van der Waals surface area contributed by atoms with E-state index in [4.69, 9.17) is 13.9 Å². The summed E-state index contributed by atoms with van der Waals surface area (Å²) in [5.41, 5.74) is 2.11. The summed E-state index contributed by atoms with van der Waals surface area (Å²) in [5.74, 6) is 3.01. The highest BCUT2D eigenvalue weighted by Gasteiger charge is 2.20. The predicted octanol–water partition coefficient (Wildman–Crippen LogP) is 4.46. The first-order valence-corrected chi connectivity index (χ1v) is 12.0. The van der Waals surface area contributed by atoms with Gasteiger partial charge in [-0.15, -0.1) is 10.2 Å². The van der Waals surface area contributed by atoms with Crippen LogP contribution in [0.3, 0.4) is 0 Å². The molecular formula is C25H24N4O4S. The summed E-state index contributed by atoms with van der Waals surface area (Å²) in [6.45, 7) is 3.89. The molecule has 1 aliphatic rings. The van der Waals surface area contributed by atoms with Crippen LogP contribution in [0.25, 0.3) is 11.6 Å². The van der Waals surface area contributed by atoms with Gasteiger partial charge in [-0.05, 0) is 42.3 Å². The fourth-order valence-corrected chi connectivity index (χ4v) is 4.59. The van der Waals surface area contributed by atoms with Gasteiger partial charge in [0.2, 0.25) is 18.5 Å². The molecule has 0 fully saturated rings. The molecule has 0 saturated carbocycles. The Balaban J connectivity index is 1.30. The number of carbonyl (C=O) groups is 1. The fraction of sp³-hybridized carbons (Fsp3) is 0.240. The molecule has 0 atom stereocenters. The molecule has 3 heterocycles. The lowest BCUT2D eigenvalue weighted by molar-refractivity contribution is -0.128. The maximum atomic E-state index is 13.1. The summed E-state index contributed by atoms with van der Waals surface area (Å²) >= 11 is 1.38. The van der Waals surface area contributed by atoms with E-state index in [0.29, 0.717) is 36.4 Å². The van der Waals surface area contributed by atoms with Gasteiger partial charge < -0.3 is 18.8 Å². The van der Waals surface area contributed by atoms with Crippen molar-refractivity contribution in [1.82, 2.24) is 19.7 Å². The fourth-order valence-electron chi connectivity index (χ4n) is 3.75. The second kappa shape index (κ2) is 10.0. The van der Waals surface area contributed by atoms with Crippen molar-refractivity contribution in [3.05, 3.63) is 78.1 Å². The maximum absolute atomic E-state index is 13.1. The van der Waals surface area contributed by atoms with Crippen LogP contribution in [-0.4, -0.2) is 44.7 Å². The Hall–Kier alpha value is -3.72. The molecule has 8 nitrogen and oxygen atoms in total. The molecule has 5 rings (SSSR count). The highest BCUT2D eigenvalue weighted by molar-refractivity contribution is 7.99. The molecule has 0 N–H and O–H groups in total. The molecule has 0 bridgehead atoms. The molecule has 1 amide bonds. The van der Waals surface area contributed by atoms with E-state index >= 15 is 0 Å². The Bertz CT molecular complexity index is 1260. The molecule has 4 aromatic rings. The number of amides is 1. The highest BCUT2D eigenvalue weighted by atomic mass is 32.2. The average molecular weight is 477 g/mol. The summed E-state index contributed by atoms with van der Waals surface area (Å²) in [6.07, 6.45) is 1.61. The first kappa shape index (κ1) is 22.1. The first-order valence-electron chi connectivity index (χ1n) is 11.0. The van der Waals surface area contributed by atoms with Gasteiger partial charge >= 0.3 is 0 Å². The van der Waals surface area contributed by atoms with E-state index in [9.17, 15) is 4.79 Å². The van der Waals surface area contributed by atoms with Crippen LogP contribution in [0.1, 0.15) is 18.1 Å². The SMILES string of the molecule is CCN(Cc1ccc2c(c1)OCO2)C(=O)CSc1nnc(-c2ccco2)n1Cc1ccccc1. The number of ether oxygens (including phenoxy) is 2. The van der Waals surface area contributed by atoms with Crippen molar-refractivity contribution in [2.45, 2.75) is 25.2 Å². The van der Waals surface area contributed by atoms with E-state index in [2.05, 4.69) is 22.3 Å². The quantitative estimate of drug-likeness (QED) is 0.330. The number of hydrogen-bond donors (Lipinski definition) is 0. The van der Waals surface area contributed by atoms with Crippen molar-refractivity contribution in [2.75, 3.05) is 19.1 Å². The lowest BCUT2D eigenvalue weighted by Gasteiger charge is -2.21. The van der Waals surface area contributed by atoms with Gasteiger partial charge in [-0.3, -0.25) is 9.36 Å². The van der Waals surface area contributed by atoms with Gasteiger partial charge in [0, 0.05) is 13.1 Å². The van der Waals surface area contributed by atoms with Gasteiger partial charge in [-0.1, -0.05) is 48.2 Å². The average Bonchev–Trinajstić information content (AvgIpc) is 3.62. The van der Waals surface area contributed by atoms with Crippen LogP contribution in [-0.2, 0) is 17.9 Å². The van der Waals surface area contributed by atoms with Crippen LogP contribution >= 0.6 is 11.8 Å². The second-order valence-corrected chi connectivity index (χ2v) is 8.68. The van der Waals surface area contributed by atoms with Crippen LogP contribution in [0.2, 0.25) is 0 Å². The number of rotatable bonds is 9. The minimum atomic E-state index is 0.0268. The molecular weight excluding hydrogens is 452 g/mol. The molecule has 2 aromatic heterocycles. The van der Waals surface area contributed by atoms with Gasteiger partial charge in [-0.25, -0.2) is 0 Å². The molecule has 0 saturated heterocycles. The summed E-state index contributed by atoms with van der Waals surface area (Å²) in [6, 6.07) is 19.5. The zero-order valence-electron chi connectivity index (χ0n) is 18.7. The molecule has 174 valence electrons. The van der Waals surface area contributed by atoms with Gasteiger partial charge in [0.05, 0.1) is 18.6 Å². The Labute approximate surface area is 201 Å². The van der Waals surface area contributed by atoms with E-state index in [-0.39, 0.29) is 18.5 Å². The van der Waals surface area contributed by atoms with Crippen molar-refractivity contribution in [3.63, 3.8) is 0 Å². The minimum absolute atomic E-state index is 0.0268. The van der Waals surface area contributed by atoms with Crippen molar-refractivity contribution in [1.29, 1.82) is 0 Å². The van der Waals surface area contributed by atoms with Crippen LogP contribution in [0.4, 0.5) is 0 Å². The Morgan fingerprint density at radius 1 is 1.03 bits per heavy atom. The molecule has 0 spiro atoms. The largest absolute Gasteiger partial charge is 0.461 e. The third-order valence-electron chi connectivity index (χ3n) is 5.51. The van der Waals surface area contributed by atoms with Crippen molar-refractivity contribution in [2.24, 2.45) is 0 Å². The van der Waals surface area contributed by atoms with Crippen LogP contribution < -0.4 is 9.47 Å². The van der Waals surface area contributed by atoms with E-state index in [1.807, 2.05) is 64.9 Å². The first-order chi connectivity index (χ1) is 16.7. The Morgan fingerprint density at radius 2 is 1.88 bits per heavy atom. The summed E-state index contributed by atoms with van der Waals surface area (Å²) in [4.78, 5) is 14.9. The number of furan rings is 1. The lowest BCUT2D eigenvalue weighted by atomic mass is 10.2. The molecule has 2 aromatic carbocycles. The predicted molar refractivity (Wildman–Crippen MR) is 128 cm³/mol. The number of benzene rings is 2. The van der Waals surface area contributed by atoms with E-state index in [1.165, 1.54) is 11.8 Å². The number of carbonyl (C=O) groups excluding carboxylic acids is 1. The molecule has 0 aliphatic carbocycles. The number of thioether (sulfide) groups is 1. The third kappa shape index (κ3) is 4.79. The molecule has 9 heteroatoms. The standard InChI is InChI=1S/C25H24N4O4S/c1-2-28(14-19-10-11-20-22(13-19)33-17-32-20)23(30)16-34-25-27-26-24(21-9-6-12-31-21)29(25)15-18-7-4-3-5-8-18/h3-13H,2,14-17H2,1H3. The number of nitrogens with zero attached hydrogens (tertiary/aromatic N) is 4. The van der Waals surface area contributed by atoms with E-state index in [1.54, 1.807) is 6.26 Å². The lowest BCUT2D eigenvalue weighted by Crippen LogP contribution is -2.31. The zero-order chi connectivity index (χ0) is 23.3. The summed E-state index contributed by atoms with van der Waals surface area (Å²) in [5, 5.41) is 9.38. The third-order valence-corrected chi connectivity index (χ3v) is 6.46. The van der Waals surface area contributed by atoms with Gasteiger partial charge in [0.1, 0.15) is 0 Å². The molecule has 34 heavy (non-hydrogen) atoms. The van der Waals surface area contributed by atoms with Crippen molar-refractivity contribution in [3.8, 4) is 23.1 Å². The van der Waals surface area contributed by atoms with Gasteiger partial charge in [0.25, 0.3) is 0 Å². The second-order valence-electron chi connectivity index (χ2n) is 7.74. The van der Waals surface area contributed by atoms with Crippen LogP contribution in [0.15, 0.2) is 76.5 Å². The zero-order valence-corrected chi connectivity index (χ0v) is 19.5. The Morgan fingerprint density at radius 3 is 2.68 bits per heavy atom. The van der Waals surface area contributed by atoms with Crippen LogP contribution in [0.5, 0.6) is 11.5 Å². The number of aromatic nitrogens is 3. The molecule has 0 unspecified atom stereocenters. The van der Waals surface area contributed by atoms with Crippen molar-refractivity contribution >= 4 is 17.7 Å². The summed E-state index contributed by atoms with van der Waals surface area (Å²) < 4.78 is 18.4. The van der Waals surface area contributed by atoms with Crippen LogP contribution in [0, 0.1) is 0 Å². The minimum Gasteiger partial charge on any atom is -0.461 e. The number of fused-ring (bicyclic) bond motifs is 1. The Kier molecular flexibility index (Phi) is 6.53. The van der Waals surface area contributed by atoms with E-state index in [0.717, 1.165) is 22.6 Å². The smallest absolute Gasteiger partial charge is 0.233 e. The van der Waals surface area contributed by atoms with E-state index < -0.39 is 0 Å². The monoisotopic (exact) mass is 476 g/mol. The number of hydrogen-bond acceptors (Lipinski definition) is 7. The topological polar surface area (TPSA) is 82.6 Å².